The second kappa shape index (κ2) is 7.24. The van der Waals surface area contributed by atoms with Gasteiger partial charge in [-0.15, -0.1) is 0 Å². The number of rotatable bonds is 3. The van der Waals surface area contributed by atoms with Crippen molar-refractivity contribution < 1.29 is 69.1 Å². The van der Waals surface area contributed by atoms with Gasteiger partial charge in [0.2, 0.25) is 5.91 Å². The molecule has 1 rings (SSSR count). The standard InChI is InChI=1S/C9H11NO4S2.K/c1-6(15)9(11)10-7-2-4-8(5-3-7)16(12,13)14;/h2-6,15H,1H3,(H,10,11)(H,12,13,14);/q;+1/p-1. The molecule has 0 bridgehead atoms. The Morgan fingerprint density at radius 1 is 1.35 bits per heavy atom. The number of carbonyl (C=O) groups excluding carboxylic acids is 1. The second-order valence-electron chi connectivity index (χ2n) is 3.14. The first-order chi connectivity index (χ1) is 7.30. The molecule has 8 heteroatoms. The molecule has 0 fully saturated rings. The molecule has 17 heavy (non-hydrogen) atoms. The van der Waals surface area contributed by atoms with E-state index in [1.807, 2.05) is 0 Å². The average molecular weight is 299 g/mol. The van der Waals surface area contributed by atoms with E-state index < -0.39 is 15.4 Å². The van der Waals surface area contributed by atoms with Gasteiger partial charge >= 0.3 is 51.4 Å². The summed E-state index contributed by atoms with van der Waals surface area (Å²) in [6, 6.07) is 4.97. The van der Waals surface area contributed by atoms with Crippen molar-refractivity contribution in [1.29, 1.82) is 0 Å². The number of nitrogens with one attached hydrogen (secondary N) is 1. The number of benzene rings is 1. The molecule has 88 valence electrons. The van der Waals surface area contributed by atoms with Crippen LogP contribution in [0, 0.1) is 0 Å². The molecular formula is C9H10KNO4S2. The smallest absolute Gasteiger partial charge is 0.744 e. The van der Waals surface area contributed by atoms with Crippen molar-refractivity contribution >= 4 is 34.3 Å². The maximum Gasteiger partial charge on any atom is 1.00 e. The predicted molar refractivity (Wildman–Crippen MR) is 61.5 cm³/mol. The van der Waals surface area contributed by atoms with Crippen molar-refractivity contribution in [3.63, 3.8) is 0 Å². The summed E-state index contributed by atoms with van der Waals surface area (Å²) in [4.78, 5) is 10.9. The summed E-state index contributed by atoms with van der Waals surface area (Å²) >= 11 is 3.93. The van der Waals surface area contributed by atoms with Gasteiger partial charge in [0, 0.05) is 5.69 Å². The van der Waals surface area contributed by atoms with Gasteiger partial charge in [0.1, 0.15) is 10.1 Å². The molecule has 0 aliphatic heterocycles. The zero-order chi connectivity index (χ0) is 12.3. The van der Waals surface area contributed by atoms with Crippen LogP contribution in [0.2, 0.25) is 0 Å². The molecule has 1 aromatic rings. The Bertz CT molecular complexity index is 484. The molecule has 0 aromatic heterocycles. The molecule has 0 saturated carbocycles. The predicted octanol–water partition coefficient (Wildman–Crippen LogP) is -2.15. The third-order valence-electron chi connectivity index (χ3n) is 1.79. The van der Waals surface area contributed by atoms with Crippen LogP contribution in [0.25, 0.3) is 0 Å². The fourth-order valence-corrected chi connectivity index (χ4v) is 1.49. The van der Waals surface area contributed by atoms with Gasteiger partial charge in [0.15, 0.2) is 0 Å². The van der Waals surface area contributed by atoms with Gasteiger partial charge in [-0.05, 0) is 31.2 Å². The van der Waals surface area contributed by atoms with Crippen molar-refractivity contribution in [1.82, 2.24) is 0 Å². The minimum absolute atomic E-state index is 0. The van der Waals surface area contributed by atoms with Crippen LogP contribution in [0.15, 0.2) is 29.2 Å². The van der Waals surface area contributed by atoms with Crippen LogP contribution in [0.5, 0.6) is 0 Å². The van der Waals surface area contributed by atoms with Crippen LogP contribution in [0.3, 0.4) is 0 Å². The number of carbonyl (C=O) groups is 1. The summed E-state index contributed by atoms with van der Waals surface area (Å²) in [5.74, 6) is -0.305. The van der Waals surface area contributed by atoms with Crippen molar-refractivity contribution in [3.8, 4) is 0 Å². The van der Waals surface area contributed by atoms with Crippen molar-refractivity contribution in [3.05, 3.63) is 24.3 Å². The summed E-state index contributed by atoms with van der Waals surface area (Å²) in [7, 11) is -4.44. The Morgan fingerprint density at radius 2 is 1.82 bits per heavy atom. The fourth-order valence-electron chi connectivity index (χ4n) is 0.952. The number of anilines is 1. The van der Waals surface area contributed by atoms with E-state index in [0.717, 1.165) is 12.1 Å². The van der Waals surface area contributed by atoms with E-state index in [1.54, 1.807) is 6.92 Å². The van der Waals surface area contributed by atoms with Crippen LogP contribution in [-0.2, 0) is 14.9 Å². The van der Waals surface area contributed by atoms with E-state index in [2.05, 4.69) is 17.9 Å². The van der Waals surface area contributed by atoms with Gasteiger partial charge in [0.25, 0.3) is 0 Å². The Kier molecular flexibility index (Phi) is 7.49. The number of hydrogen-bond donors (Lipinski definition) is 2. The van der Waals surface area contributed by atoms with Gasteiger partial charge in [0.05, 0.1) is 10.1 Å². The summed E-state index contributed by atoms with van der Waals surface area (Å²) in [5.41, 5.74) is 0.415. The van der Waals surface area contributed by atoms with Gasteiger partial charge in [-0.1, -0.05) is 0 Å². The first-order valence-corrected chi connectivity index (χ1v) is 6.28. The van der Waals surface area contributed by atoms with E-state index >= 15 is 0 Å². The van der Waals surface area contributed by atoms with Crippen molar-refractivity contribution in [2.24, 2.45) is 0 Å². The SMILES string of the molecule is CC(S)C(=O)Nc1ccc(S(=O)(=O)[O-])cc1.[K+]. The van der Waals surface area contributed by atoms with Crippen LogP contribution in [0.1, 0.15) is 6.92 Å². The van der Waals surface area contributed by atoms with Crippen molar-refractivity contribution in [2.75, 3.05) is 5.32 Å². The molecule has 1 N–H and O–H groups in total. The molecule has 1 atom stereocenters. The van der Waals surface area contributed by atoms with Gasteiger partial charge in [-0.3, -0.25) is 4.79 Å². The molecule has 0 aliphatic rings. The number of amides is 1. The van der Waals surface area contributed by atoms with E-state index in [1.165, 1.54) is 12.1 Å². The van der Waals surface area contributed by atoms with Gasteiger partial charge < -0.3 is 9.87 Å². The molecule has 1 aromatic carbocycles. The van der Waals surface area contributed by atoms with Crippen LogP contribution < -0.4 is 56.7 Å². The van der Waals surface area contributed by atoms with Gasteiger partial charge in [-0.2, -0.15) is 12.6 Å². The molecule has 5 nitrogen and oxygen atoms in total. The Hall–Kier alpha value is 0.586. The molecule has 0 aliphatic carbocycles. The van der Waals surface area contributed by atoms with E-state index in [4.69, 9.17) is 0 Å². The monoisotopic (exact) mass is 299 g/mol. The third kappa shape index (κ3) is 5.84. The normalized spacial score (nSPS) is 12.4. The fraction of sp³-hybridized carbons (Fsp3) is 0.222. The van der Waals surface area contributed by atoms with E-state index in [0.29, 0.717) is 5.69 Å². The zero-order valence-electron chi connectivity index (χ0n) is 9.38. The maximum atomic E-state index is 11.2. The summed E-state index contributed by atoms with van der Waals surface area (Å²) in [6.07, 6.45) is 0. The van der Waals surface area contributed by atoms with Gasteiger partial charge in [-0.25, -0.2) is 8.42 Å². The second-order valence-corrected chi connectivity index (χ2v) is 5.30. The van der Waals surface area contributed by atoms with Crippen LogP contribution in [0.4, 0.5) is 5.69 Å². The molecule has 1 amide bonds. The van der Waals surface area contributed by atoms with E-state index in [9.17, 15) is 17.8 Å². The average Bonchev–Trinajstić information content (AvgIpc) is 2.17. The minimum Gasteiger partial charge on any atom is -0.744 e. The molecule has 1 unspecified atom stereocenters. The van der Waals surface area contributed by atoms with Crippen molar-refractivity contribution in [2.45, 2.75) is 17.1 Å². The quantitative estimate of drug-likeness (QED) is 0.379. The Morgan fingerprint density at radius 3 is 2.18 bits per heavy atom. The molecule has 0 spiro atoms. The van der Waals surface area contributed by atoms with Crippen LogP contribution in [-0.4, -0.2) is 24.1 Å². The summed E-state index contributed by atoms with van der Waals surface area (Å²) in [6.45, 7) is 1.61. The number of hydrogen-bond acceptors (Lipinski definition) is 5. The molecular weight excluding hydrogens is 289 g/mol. The molecule has 0 saturated heterocycles. The zero-order valence-corrected chi connectivity index (χ0v) is 14.2. The summed E-state index contributed by atoms with van der Waals surface area (Å²) in [5, 5.41) is 2.04. The first kappa shape index (κ1) is 17.6. The minimum atomic E-state index is -4.44. The topological polar surface area (TPSA) is 86.3 Å². The van der Waals surface area contributed by atoms with E-state index in [-0.39, 0.29) is 62.2 Å². The largest absolute Gasteiger partial charge is 1.00 e. The first-order valence-electron chi connectivity index (χ1n) is 4.35. The number of thiol groups is 1. The summed E-state index contributed by atoms with van der Waals surface area (Å²) < 4.78 is 31.9. The maximum absolute atomic E-state index is 11.2. The van der Waals surface area contributed by atoms with Crippen LogP contribution >= 0.6 is 12.6 Å². The Labute approximate surface area is 148 Å². The Balaban J connectivity index is 0.00000256. The molecule has 0 radical (unpaired) electrons. The third-order valence-corrected chi connectivity index (χ3v) is 2.87. The molecule has 0 heterocycles.